The number of amides is 1. The molecule has 0 saturated carbocycles. The van der Waals surface area contributed by atoms with Gasteiger partial charge in [0, 0.05) is 23.7 Å². The van der Waals surface area contributed by atoms with Gasteiger partial charge in [0.15, 0.2) is 5.82 Å². The number of nitrogens with zero attached hydrogens (tertiary/aromatic N) is 2. The van der Waals surface area contributed by atoms with Crippen molar-refractivity contribution < 1.29 is 4.79 Å². The number of rotatable bonds is 5. The van der Waals surface area contributed by atoms with E-state index in [-0.39, 0.29) is 11.9 Å². The molecule has 0 spiro atoms. The Balaban J connectivity index is 2.67. The molecule has 1 heterocycles. The lowest BCUT2D eigenvalue weighted by atomic mass is 9.88. The van der Waals surface area contributed by atoms with Crippen LogP contribution in [0.4, 0.5) is 5.82 Å². The highest BCUT2D eigenvalue weighted by Crippen LogP contribution is 2.21. The number of aromatic nitrogens is 2. The van der Waals surface area contributed by atoms with Crippen LogP contribution in [-0.4, -0.2) is 22.2 Å². The van der Waals surface area contributed by atoms with E-state index in [1.807, 2.05) is 38.6 Å². The van der Waals surface area contributed by atoms with Crippen LogP contribution in [0.25, 0.3) is 0 Å². The number of nitrogens with one attached hydrogen (secondary N) is 1. The smallest absolute Gasteiger partial charge is 0.231 e. The minimum Gasteiger partial charge on any atom is -0.330 e. The highest BCUT2D eigenvalue weighted by atomic mass is 16.2. The van der Waals surface area contributed by atoms with Crippen molar-refractivity contribution in [2.24, 2.45) is 11.1 Å². The van der Waals surface area contributed by atoms with Gasteiger partial charge in [0.25, 0.3) is 0 Å². The van der Waals surface area contributed by atoms with E-state index in [0.717, 1.165) is 0 Å². The van der Waals surface area contributed by atoms with E-state index in [4.69, 9.17) is 5.73 Å². The first kappa shape index (κ1) is 13.7. The SMILES string of the molecule is CC(C)n1ccc(NC(=O)C(C)(C)CCN)n1. The van der Waals surface area contributed by atoms with Crippen molar-refractivity contribution in [2.45, 2.75) is 40.2 Å². The van der Waals surface area contributed by atoms with Crippen LogP contribution in [-0.2, 0) is 4.79 Å². The molecule has 1 rings (SSSR count). The molecule has 0 aromatic carbocycles. The van der Waals surface area contributed by atoms with Crippen LogP contribution >= 0.6 is 0 Å². The summed E-state index contributed by atoms with van der Waals surface area (Å²) < 4.78 is 1.81. The maximum atomic E-state index is 12.0. The Morgan fingerprint density at radius 1 is 1.59 bits per heavy atom. The zero-order valence-corrected chi connectivity index (χ0v) is 11.0. The molecule has 3 N–H and O–H groups in total. The topological polar surface area (TPSA) is 72.9 Å². The predicted molar refractivity (Wildman–Crippen MR) is 68.7 cm³/mol. The van der Waals surface area contributed by atoms with Crippen LogP contribution < -0.4 is 11.1 Å². The second-order valence-electron chi connectivity index (χ2n) is 5.15. The van der Waals surface area contributed by atoms with Gasteiger partial charge in [-0.15, -0.1) is 0 Å². The lowest BCUT2D eigenvalue weighted by Crippen LogP contribution is -2.32. The Hall–Kier alpha value is -1.36. The van der Waals surface area contributed by atoms with Crippen LogP contribution in [0, 0.1) is 5.41 Å². The van der Waals surface area contributed by atoms with Crippen molar-refractivity contribution in [2.75, 3.05) is 11.9 Å². The summed E-state index contributed by atoms with van der Waals surface area (Å²) in [4.78, 5) is 12.0. The third-order valence-corrected chi connectivity index (χ3v) is 2.76. The first-order valence-electron chi connectivity index (χ1n) is 5.93. The summed E-state index contributed by atoms with van der Waals surface area (Å²) in [6.45, 7) is 8.35. The quantitative estimate of drug-likeness (QED) is 0.821. The highest BCUT2D eigenvalue weighted by Gasteiger charge is 2.27. The molecule has 5 heteroatoms. The maximum Gasteiger partial charge on any atom is 0.231 e. The van der Waals surface area contributed by atoms with Gasteiger partial charge in [0.2, 0.25) is 5.91 Å². The Kier molecular flexibility index (Phi) is 4.28. The molecule has 0 aliphatic carbocycles. The van der Waals surface area contributed by atoms with Crippen molar-refractivity contribution in [1.29, 1.82) is 0 Å². The van der Waals surface area contributed by atoms with Gasteiger partial charge in [-0.1, -0.05) is 13.8 Å². The van der Waals surface area contributed by atoms with Gasteiger partial charge in [-0.3, -0.25) is 9.48 Å². The van der Waals surface area contributed by atoms with E-state index in [1.54, 1.807) is 6.07 Å². The van der Waals surface area contributed by atoms with Crippen molar-refractivity contribution >= 4 is 11.7 Å². The van der Waals surface area contributed by atoms with E-state index in [9.17, 15) is 4.79 Å². The monoisotopic (exact) mass is 238 g/mol. The fraction of sp³-hybridized carbons (Fsp3) is 0.667. The second-order valence-corrected chi connectivity index (χ2v) is 5.15. The summed E-state index contributed by atoms with van der Waals surface area (Å²) in [5.41, 5.74) is 5.03. The van der Waals surface area contributed by atoms with Crippen LogP contribution in [0.5, 0.6) is 0 Å². The molecule has 0 atom stereocenters. The lowest BCUT2D eigenvalue weighted by Gasteiger charge is -2.21. The number of hydrogen-bond donors (Lipinski definition) is 2. The van der Waals surface area contributed by atoms with E-state index in [2.05, 4.69) is 10.4 Å². The van der Waals surface area contributed by atoms with Crippen LogP contribution in [0.2, 0.25) is 0 Å². The van der Waals surface area contributed by atoms with Crippen molar-refractivity contribution in [3.63, 3.8) is 0 Å². The van der Waals surface area contributed by atoms with E-state index >= 15 is 0 Å². The zero-order valence-electron chi connectivity index (χ0n) is 11.0. The minimum absolute atomic E-state index is 0.0445. The zero-order chi connectivity index (χ0) is 13.1. The summed E-state index contributed by atoms with van der Waals surface area (Å²) in [7, 11) is 0. The van der Waals surface area contributed by atoms with Gasteiger partial charge in [-0.25, -0.2) is 0 Å². The van der Waals surface area contributed by atoms with Gasteiger partial charge in [0.05, 0.1) is 0 Å². The normalized spacial score (nSPS) is 11.9. The highest BCUT2D eigenvalue weighted by molar-refractivity contribution is 5.93. The molecule has 0 bridgehead atoms. The van der Waals surface area contributed by atoms with Gasteiger partial charge in [-0.2, -0.15) is 5.10 Å². The third kappa shape index (κ3) is 3.56. The Morgan fingerprint density at radius 2 is 2.24 bits per heavy atom. The molecular formula is C12H22N4O. The first-order chi connectivity index (χ1) is 7.86. The summed E-state index contributed by atoms with van der Waals surface area (Å²) >= 11 is 0. The lowest BCUT2D eigenvalue weighted by molar-refractivity contribution is -0.124. The standard InChI is InChI=1S/C12H22N4O/c1-9(2)16-8-5-10(15-16)14-11(17)12(3,4)6-7-13/h5,8-9H,6-7,13H2,1-4H3,(H,14,15,17). The van der Waals surface area contributed by atoms with Crippen molar-refractivity contribution in [1.82, 2.24) is 9.78 Å². The maximum absolute atomic E-state index is 12.0. The molecule has 1 amide bonds. The summed E-state index contributed by atoms with van der Waals surface area (Å²) in [5.74, 6) is 0.547. The molecule has 1 aromatic heterocycles. The van der Waals surface area contributed by atoms with Crippen molar-refractivity contribution in [3.05, 3.63) is 12.3 Å². The molecule has 0 radical (unpaired) electrons. The number of nitrogens with two attached hydrogens (primary N) is 1. The molecule has 1 aromatic rings. The number of carbonyl (C=O) groups is 1. The van der Waals surface area contributed by atoms with E-state index < -0.39 is 5.41 Å². The van der Waals surface area contributed by atoms with Crippen LogP contribution in [0.3, 0.4) is 0 Å². The van der Waals surface area contributed by atoms with Crippen molar-refractivity contribution in [3.8, 4) is 0 Å². The van der Waals surface area contributed by atoms with Crippen LogP contribution in [0.1, 0.15) is 40.2 Å². The predicted octanol–water partition coefficient (Wildman–Crippen LogP) is 1.78. The largest absolute Gasteiger partial charge is 0.330 e. The number of anilines is 1. The fourth-order valence-electron chi connectivity index (χ4n) is 1.45. The molecule has 5 nitrogen and oxygen atoms in total. The minimum atomic E-state index is -0.462. The van der Waals surface area contributed by atoms with Crippen LogP contribution in [0.15, 0.2) is 12.3 Å². The van der Waals surface area contributed by atoms with Gasteiger partial charge >= 0.3 is 0 Å². The second kappa shape index (κ2) is 5.31. The fourth-order valence-corrected chi connectivity index (χ4v) is 1.45. The first-order valence-corrected chi connectivity index (χ1v) is 5.93. The number of carbonyl (C=O) groups excluding carboxylic acids is 1. The third-order valence-electron chi connectivity index (χ3n) is 2.76. The summed E-state index contributed by atoms with van der Waals surface area (Å²) in [6.07, 6.45) is 2.51. The van der Waals surface area contributed by atoms with E-state index in [1.165, 1.54) is 0 Å². The molecule has 0 aliphatic heterocycles. The molecule has 0 unspecified atom stereocenters. The molecule has 0 saturated heterocycles. The average molecular weight is 238 g/mol. The molecule has 17 heavy (non-hydrogen) atoms. The average Bonchev–Trinajstić information content (AvgIpc) is 2.66. The Labute approximate surface area is 102 Å². The van der Waals surface area contributed by atoms with Gasteiger partial charge < -0.3 is 11.1 Å². The molecular weight excluding hydrogens is 216 g/mol. The summed E-state index contributed by atoms with van der Waals surface area (Å²) in [5, 5.41) is 7.09. The van der Waals surface area contributed by atoms with Gasteiger partial charge in [0.1, 0.15) is 0 Å². The Morgan fingerprint density at radius 3 is 2.71 bits per heavy atom. The number of hydrogen-bond acceptors (Lipinski definition) is 3. The Bertz CT molecular complexity index is 382. The molecule has 96 valence electrons. The van der Waals surface area contributed by atoms with Gasteiger partial charge in [-0.05, 0) is 26.8 Å². The molecule has 0 fully saturated rings. The van der Waals surface area contributed by atoms with E-state index in [0.29, 0.717) is 18.8 Å². The summed E-state index contributed by atoms with van der Waals surface area (Å²) in [6, 6.07) is 2.09. The molecule has 0 aliphatic rings.